The van der Waals surface area contributed by atoms with Gasteiger partial charge in [-0.15, -0.1) is 10.2 Å². The molecule has 4 heterocycles. The summed E-state index contributed by atoms with van der Waals surface area (Å²) in [6, 6.07) is 11.3. The van der Waals surface area contributed by atoms with Gasteiger partial charge in [0.25, 0.3) is 0 Å². The molecule has 5 rings (SSSR count). The van der Waals surface area contributed by atoms with E-state index in [1.165, 1.54) is 11.8 Å². The molecular formula is C22H20N4O4S. The molecule has 1 aliphatic heterocycles. The monoisotopic (exact) mass is 436 g/mol. The van der Waals surface area contributed by atoms with E-state index >= 15 is 0 Å². The first kappa shape index (κ1) is 19.5. The van der Waals surface area contributed by atoms with Gasteiger partial charge in [0, 0.05) is 35.8 Å². The molecule has 0 amide bonds. The largest absolute Gasteiger partial charge is 0.461 e. The van der Waals surface area contributed by atoms with Crippen LogP contribution in [0.1, 0.15) is 21.7 Å². The molecule has 0 spiro atoms. The number of Topliss-reactive ketones (excluding diaryl/α,β-unsaturated/α-hetero) is 1. The highest BCUT2D eigenvalue weighted by molar-refractivity contribution is 7.99. The first-order valence-corrected chi connectivity index (χ1v) is 10.7. The van der Waals surface area contributed by atoms with Crippen molar-refractivity contribution in [2.75, 3.05) is 12.5 Å². The predicted octanol–water partition coefficient (Wildman–Crippen LogP) is 4.19. The maximum absolute atomic E-state index is 13.0. The lowest BCUT2D eigenvalue weighted by atomic mass is 10.2. The van der Waals surface area contributed by atoms with E-state index in [0.717, 1.165) is 22.8 Å². The fourth-order valence-corrected chi connectivity index (χ4v) is 4.53. The second kappa shape index (κ2) is 7.66. The average molecular weight is 436 g/mol. The normalized spacial score (nSPS) is 12.5. The number of carbonyl (C=O) groups excluding carboxylic acids is 1. The van der Waals surface area contributed by atoms with Gasteiger partial charge >= 0.3 is 0 Å². The van der Waals surface area contributed by atoms with Gasteiger partial charge in [-0.25, -0.2) is 0 Å². The number of nitrogens with zero attached hydrogens (tertiary/aromatic N) is 4. The summed E-state index contributed by atoms with van der Waals surface area (Å²) in [4.78, 5) is 13.0. The molecule has 1 aromatic carbocycles. The van der Waals surface area contributed by atoms with Crippen LogP contribution in [0.3, 0.4) is 0 Å². The molecule has 158 valence electrons. The number of aromatic nitrogens is 4. The minimum Gasteiger partial charge on any atom is -0.461 e. The van der Waals surface area contributed by atoms with Gasteiger partial charge in [-0.2, -0.15) is 0 Å². The highest BCUT2D eigenvalue weighted by atomic mass is 32.2. The number of carbonyl (C=O) groups is 1. The molecule has 9 heteroatoms. The number of aryl methyl sites for hydroxylation is 1. The third-order valence-corrected chi connectivity index (χ3v) is 6.27. The standard InChI is InChI=1S/C22H20N4O4S/c1-13-9-16(14(2)26(13)15-6-7-18-20(10-15)30-12-29-18)17(27)11-31-22-24-23-21(25(22)3)19-5-4-8-28-19/h4-10H,11-12H2,1-3H3. The summed E-state index contributed by atoms with van der Waals surface area (Å²) < 4.78 is 20.2. The van der Waals surface area contributed by atoms with Crippen LogP contribution in [0.4, 0.5) is 0 Å². The van der Waals surface area contributed by atoms with Crippen LogP contribution in [-0.4, -0.2) is 37.7 Å². The van der Waals surface area contributed by atoms with Crippen LogP contribution < -0.4 is 9.47 Å². The van der Waals surface area contributed by atoms with Crippen LogP contribution in [0.15, 0.2) is 52.2 Å². The Balaban J connectivity index is 1.36. The van der Waals surface area contributed by atoms with Gasteiger partial charge in [-0.05, 0) is 44.2 Å². The van der Waals surface area contributed by atoms with Crippen molar-refractivity contribution in [3.05, 3.63) is 59.6 Å². The number of fused-ring (bicyclic) bond motifs is 1. The van der Waals surface area contributed by atoms with Crippen LogP contribution in [0.5, 0.6) is 11.5 Å². The minimum atomic E-state index is 0.0349. The number of thioether (sulfide) groups is 1. The summed E-state index contributed by atoms with van der Waals surface area (Å²) in [5.74, 6) is 3.00. The zero-order chi connectivity index (χ0) is 21.5. The Morgan fingerprint density at radius 2 is 1.97 bits per heavy atom. The number of ether oxygens (including phenoxy) is 2. The molecule has 0 saturated carbocycles. The first-order valence-electron chi connectivity index (χ1n) is 9.71. The minimum absolute atomic E-state index is 0.0349. The molecule has 0 aliphatic carbocycles. The number of hydrogen-bond acceptors (Lipinski definition) is 7. The summed E-state index contributed by atoms with van der Waals surface area (Å²) in [5.41, 5.74) is 3.48. The van der Waals surface area contributed by atoms with E-state index in [4.69, 9.17) is 13.9 Å². The van der Waals surface area contributed by atoms with Crippen LogP contribution in [0.25, 0.3) is 17.3 Å². The molecule has 0 N–H and O–H groups in total. The number of hydrogen-bond donors (Lipinski definition) is 0. The number of benzene rings is 1. The summed E-state index contributed by atoms with van der Waals surface area (Å²) in [5, 5.41) is 9.03. The fraction of sp³-hybridized carbons (Fsp3) is 0.227. The molecule has 3 aromatic heterocycles. The Bertz CT molecular complexity index is 1270. The van der Waals surface area contributed by atoms with Crippen molar-refractivity contribution >= 4 is 17.5 Å². The van der Waals surface area contributed by atoms with Gasteiger partial charge in [0.05, 0.1) is 12.0 Å². The summed E-state index contributed by atoms with van der Waals surface area (Å²) >= 11 is 1.36. The van der Waals surface area contributed by atoms with Crippen LogP contribution in [0.2, 0.25) is 0 Å². The third-order valence-electron chi connectivity index (χ3n) is 5.25. The third kappa shape index (κ3) is 3.40. The van der Waals surface area contributed by atoms with E-state index in [1.54, 1.807) is 12.3 Å². The van der Waals surface area contributed by atoms with E-state index in [-0.39, 0.29) is 18.3 Å². The van der Waals surface area contributed by atoms with E-state index in [0.29, 0.717) is 28.1 Å². The summed E-state index contributed by atoms with van der Waals surface area (Å²) in [7, 11) is 1.86. The lowest BCUT2D eigenvalue weighted by molar-refractivity contribution is 0.102. The molecule has 1 aliphatic rings. The van der Waals surface area contributed by atoms with Crippen molar-refractivity contribution in [1.29, 1.82) is 0 Å². The van der Waals surface area contributed by atoms with Gasteiger partial charge in [-0.1, -0.05) is 11.8 Å². The van der Waals surface area contributed by atoms with E-state index < -0.39 is 0 Å². The topological polar surface area (TPSA) is 84.3 Å². The second-order valence-electron chi connectivity index (χ2n) is 7.21. The quantitative estimate of drug-likeness (QED) is 0.331. The molecule has 31 heavy (non-hydrogen) atoms. The Morgan fingerprint density at radius 3 is 2.77 bits per heavy atom. The number of ketones is 1. The maximum Gasteiger partial charge on any atom is 0.231 e. The Kier molecular flexibility index (Phi) is 4.82. The molecule has 0 fully saturated rings. The van der Waals surface area contributed by atoms with Crippen LogP contribution in [-0.2, 0) is 7.05 Å². The van der Waals surface area contributed by atoms with Crippen molar-refractivity contribution in [2.24, 2.45) is 7.05 Å². The second-order valence-corrected chi connectivity index (χ2v) is 8.15. The number of furan rings is 1. The molecule has 0 saturated heterocycles. The Hall–Kier alpha value is -3.46. The molecule has 0 atom stereocenters. The number of rotatable bonds is 6. The van der Waals surface area contributed by atoms with Crippen molar-refractivity contribution in [2.45, 2.75) is 19.0 Å². The van der Waals surface area contributed by atoms with Crippen molar-refractivity contribution in [1.82, 2.24) is 19.3 Å². The first-order chi connectivity index (χ1) is 15.0. The predicted molar refractivity (Wildman–Crippen MR) is 115 cm³/mol. The zero-order valence-corrected chi connectivity index (χ0v) is 18.1. The van der Waals surface area contributed by atoms with Gasteiger partial charge in [0.15, 0.2) is 34.0 Å². The SMILES string of the molecule is Cc1cc(C(=O)CSc2nnc(-c3ccco3)n2C)c(C)n1-c1ccc2c(c1)OCO2. The van der Waals surface area contributed by atoms with Crippen molar-refractivity contribution in [3.8, 4) is 28.8 Å². The van der Waals surface area contributed by atoms with E-state index in [9.17, 15) is 4.79 Å². The molecule has 0 bridgehead atoms. The van der Waals surface area contributed by atoms with Crippen molar-refractivity contribution < 1.29 is 18.7 Å². The van der Waals surface area contributed by atoms with Gasteiger partial charge in [0.1, 0.15) is 0 Å². The van der Waals surface area contributed by atoms with Crippen LogP contribution >= 0.6 is 11.8 Å². The molecular weight excluding hydrogens is 416 g/mol. The molecule has 0 radical (unpaired) electrons. The van der Waals surface area contributed by atoms with E-state index in [1.807, 2.05) is 55.8 Å². The lowest BCUT2D eigenvalue weighted by Gasteiger charge is -2.10. The lowest BCUT2D eigenvalue weighted by Crippen LogP contribution is -2.06. The zero-order valence-electron chi connectivity index (χ0n) is 17.3. The summed E-state index contributed by atoms with van der Waals surface area (Å²) in [6.45, 7) is 4.17. The van der Waals surface area contributed by atoms with E-state index in [2.05, 4.69) is 14.8 Å². The van der Waals surface area contributed by atoms with Crippen molar-refractivity contribution in [3.63, 3.8) is 0 Å². The molecule has 4 aromatic rings. The summed E-state index contributed by atoms with van der Waals surface area (Å²) in [6.07, 6.45) is 1.59. The molecule has 0 unspecified atom stereocenters. The van der Waals surface area contributed by atoms with Gasteiger partial charge < -0.3 is 23.0 Å². The van der Waals surface area contributed by atoms with Crippen LogP contribution in [0, 0.1) is 13.8 Å². The Morgan fingerprint density at radius 1 is 1.13 bits per heavy atom. The maximum atomic E-state index is 13.0. The smallest absolute Gasteiger partial charge is 0.231 e. The highest BCUT2D eigenvalue weighted by Crippen LogP contribution is 2.35. The fourth-order valence-electron chi connectivity index (χ4n) is 3.74. The van der Waals surface area contributed by atoms with Gasteiger partial charge in [0.2, 0.25) is 6.79 Å². The molecule has 8 nitrogen and oxygen atoms in total. The Labute approximate surface area is 182 Å². The van der Waals surface area contributed by atoms with Gasteiger partial charge in [-0.3, -0.25) is 4.79 Å². The average Bonchev–Trinajstić information content (AvgIpc) is 3.53. The highest BCUT2D eigenvalue weighted by Gasteiger charge is 2.21.